The van der Waals surface area contributed by atoms with Gasteiger partial charge in [0.05, 0.1) is 0 Å². The van der Waals surface area contributed by atoms with E-state index < -0.39 is 0 Å². The largest absolute Gasteiger partial charge is 0 e. The standard InChI is InChI=1S/Cu.2In.2O.2Zn.2H. The van der Waals surface area contributed by atoms with Gasteiger partial charge in [-0.3, -0.25) is 0 Å². The van der Waals surface area contributed by atoms with Crippen molar-refractivity contribution in [2.75, 3.05) is 0 Å². The first-order valence-electron chi connectivity index (χ1n) is 0.577. The Morgan fingerprint density at radius 3 is 0.714 bits per heavy atom. The summed E-state index contributed by atoms with van der Waals surface area (Å²) < 4.78 is 16.8. The third kappa shape index (κ3) is 47.7. The molecule has 1 radical (unpaired) electrons. The second kappa shape index (κ2) is 62.0. The van der Waals surface area contributed by atoms with Gasteiger partial charge in [0.15, 0.2) is 0 Å². The predicted octanol–water partition coefficient (Wildman–Crippen LogP) is -1.54. The smallest absolute Gasteiger partial charge is 0 e. The van der Waals surface area contributed by atoms with Crippen LogP contribution in [0.1, 0.15) is 0 Å². The molecule has 0 saturated heterocycles. The van der Waals surface area contributed by atoms with Crippen molar-refractivity contribution in [3.63, 3.8) is 0 Å². The molecule has 35 valence electrons. The van der Waals surface area contributed by atoms with Crippen molar-refractivity contribution in [3.05, 3.63) is 0 Å². The topological polar surface area (TPSA) is 34.1 Å². The van der Waals surface area contributed by atoms with Crippen molar-refractivity contribution in [1.29, 1.82) is 0 Å². The molecule has 0 amide bonds. The van der Waals surface area contributed by atoms with Gasteiger partial charge < -0.3 is 0 Å². The summed E-state index contributed by atoms with van der Waals surface area (Å²) in [6.07, 6.45) is 0. The fourth-order valence-corrected chi connectivity index (χ4v) is 0. The SMILES string of the molecule is [Cu].[O]=[InH].[O]=[InH].[Zn].[Zn]. The molecule has 0 aromatic carbocycles. The molecular weight excluding hydrogens is 456 g/mol. The zero-order valence-electron chi connectivity index (χ0n) is 3.95. The third-order valence-corrected chi connectivity index (χ3v) is 0. The molecule has 0 spiro atoms. The fraction of sp³-hybridized carbons (Fsp3) is 0. The summed E-state index contributed by atoms with van der Waals surface area (Å²) in [4.78, 5) is 0. The Hall–Kier alpha value is 3.11. The number of rotatable bonds is 0. The minimum Gasteiger partial charge on any atom is 0 e. The van der Waals surface area contributed by atoms with Crippen molar-refractivity contribution in [2.24, 2.45) is 0 Å². The normalized spacial score (nSPS) is 0.857. The summed E-state index contributed by atoms with van der Waals surface area (Å²) in [6, 6.07) is 0. The van der Waals surface area contributed by atoms with E-state index in [1.54, 1.807) is 0 Å². The Balaban J connectivity index is -0.00000000267. The summed E-state index contributed by atoms with van der Waals surface area (Å²) in [6.45, 7) is 0. The molecule has 7 heteroatoms. The van der Waals surface area contributed by atoms with Crippen molar-refractivity contribution < 1.29 is 61.7 Å². The third-order valence-electron chi connectivity index (χ3n) is 0. The summed E-state index contributed by atoms with van der Waals surface area (Å²) in [7, 11) is 0. The van der Waals surface area contributed by atoms with E-state index in [0.717, 1.165) is 0 Å². The molecule has 7 heavy (non-hydrogen) atoms. The van der Waals surface area contributed by atoms with Crippen molar-refractivity contribution in [3.8, 4) is 0 Å². The van der Waals surface area contributed by atoms with Crippen LogP contribution in [0.25, 0.3) is 0 Å². The Morgan fingerprint density at radius 1 is 0.714 bits per heavy atom. The summed E-state index contributed by atoms with van der Waals surface area (Å²) in [5.41, 5.74) is 0. The van der Waals surface area contributed by atoms with Crippen LogP contribution in [0, 0.1) is 0 Å². The van der Waals surface area contributed by atoms with Gasteiger partial charge in [0.1, 0.15) is 0 Å². The molecule has 0 aliphatic rings. The molecule has 0 aromatic rings. The quantitative estimate of drug-likeness (QED) is 0.413. The van der Waals surface area contributed by atoms with Crippen LogP contribution < -0.4 is 0 Å². The molecule has 2 nitrogen and oxygen atoms in total. The Bertz CT molecular complexity index is 15.7. The van der Waals surface area contributed by atoms with Gasteiger partial charge in [0, 0.05) is 56.0 Å². The second-order valence-electron chi connectivity index (χ2n) is 0. The Morgan fingerprint density at radius 2 is 0.714 bits per heavy atom. The number of hydrogen-bond acceptors (Lipinski definition) is 2. The van der Waals surface area contributed by atoms with E-state index >= 15 is 0 Å². The van der Waals surface area contributed by atoms with Crippen LogP contribution in [0.15, 0.2) is 0 Å². The van der Waals surface area contributed by atoms with Crippen LogP contribution in [0.2, 0.25) is 0 Å². The maximum atomic E-state index is 8.42. The minimum absolute atomic E-state index is 0. The van der Waals surface area contributed by atoms with E-state index in [-0.39, 0.29) is 105 Å². The van der Waals surface area contributed by atoms with E-state index in [9.17, 15) is 0 Å². The summed E-state index contributed by atoms with van der Waals surface area (Å²) >= 11 is -0.200. The Labute approximate surface area is 108 Å². The first kappa shape index (κ1) is 32.1. The zero-order chi connectivity index (χ0) is 4.00. The maximum absolute atomic E-state index is 8.42. The molecule has 0 unspecified atom stereocenters. The molecular formula is H2CuIn2O2Zn2. The predicted molar refractivity (Wildman–Crippen MR) is 15.7 cm³/mol. The van der Waals surface area contributed by atoms with Gasteiger partial charge >= 0.3 is 54.5 Å². The van der Waals surface area contributed by atoms with E-state index in [4.69, 9.17) is 5.71 Å². The second-order valence-corrected chi connectivity index (χ2v) is 0. The van der Waals surface area contributed by atoms with Crippen LogP contribution >= 0.6 is 0 Å². The molecule has 0 fully saturated rings. The molecule has 0 bridgehead atoms. The fourth-order valence-electron chi connectivity index (χ4n) is 0. The van der Waals surface area contributed by atoms with E-state index in [2.05, 4.69) is 0 Å². The van der Waals surface area contributed by atoms with Crippen molar-refractivity contribution in [2.45, 2.75) is 0 Å². The van der Waals surface area contributed by atoms with Gasteiger partial charge in [-0.15, -0.1) is 0 Å². The van der Waals surface area contributed by atoms with E-state index in [1.165, 1.54) is 0 Å². The van der Waals surface area contributed by atoms with Gasteiger partial charge in [-0.1, -0.05) is 0 Å². The van der Waals surface area contributed by atoms with Gasteiger partial charge in [-0.05, 0) is 0 Å². The van der Waals surface area contributed by atoms with Crippen molar-refractivity contribution in [1.82, 2.24) is 0 Å². The molecule has 0 rings (SSSR count). The first-order valence-corrected chi connectivity index (χ1v) is 3.87. The molecule has 0 saturated carbocycles. The van der Waals surface area contributed by atoms with Crippen molar-refractivity contribution >= 4 is 48.8 Å². The maximum Gasteiger partial charge on any atom is 0 e. The molecule has 0 aliphatic heterocycles. The van der Waals surface area contributed by atoms with Crippen LogP contribution in [-0.4, -0.2) is 48.8 Å². The molecule has 0 heterocycles. The summed E-state index contributed by atoms with van der Waals surface area (Å²) in [5.74, 6) is 0. The average Bonchev–Trinajstić information content (AvgIpc) is 1.50. The molecule has 0 atom stereocenters. The minimum atomic E-state index is -0.1000. The van der Waals surface area contributed by atoms with Crippen LogP contribution in [0.5, 0.6) is 0 Å². The summed E-state index contributed by atoms with van der Waals surface area (Å²) in [5, 5.41) is 0. The molecule has 0 aliphatic carbocycles. The average molecular weight is 458 g/mol. The molecule has 0 aromatic heterocycles. The van der Waals surface area contributed by atoms with Gasteiger partial charge in [0.2, 0.25) is 0 Å². The van der Waals surface area contributed by atoms with Gasteiger partial charge in [-0.2, -0.15) is 0 Å². The van der Waals surface area contributed by atoms with Crippen LogP contribution in [-0.2, 0) is 61.7 Å². The van der Waals surface area contributed by atoms with E-state index in [0.29, 0.717) is 0 Å². The first-order chi connectivity index (χ1) is 2.00. The Kier molecular flexibility index (Phi) is 285. The monoisotopic (exact) mass is 455 g/mol. The molecule has 0 N–H and O–H groups in total. The van der Waals surface area contributed by atoms with Gasteiger partial charge in [-0.25, -0.2) is 0 Å². The van der Waals surface area contributed by atoms with Gasteiger partial charge in [0.25, 0.3) is 0 Å². The van der Waals surface area contributed by atoms with Crippen LogP contribution in [0.4, 0.5) is 0 Å². The number of hydrogen-bond donors (Lipinski definition) is 0. The van der Waals surface area contributed by atoms with E-state index in [1.807, 2.05) is 0 Å². The van der Waals surface area contributed by atoms with Crippen LogP contribution in [0.3, 0.4) is 0 Å². The zero-order valence-corrected chi connectivity index (χ0v) is 18.9.